The number of carbonyl (C=O) groups excluding carboxylic acids is 2. The molecular weight excluding hydrogens is 384 g/mol. The Morgan fingerprint density at radius 3 is 2.00 bits per heavy atom. The number of hydrogen-bond donors (Lipinski definition) is 1. The molecule has 0 radical (unpaired) electrons. The predicted molar refractivity (Wildman–Crippen MR) is 113 cm³/mol. The average molecular weight is 408 g/mol. The Morgan fingerprint density at radius 2 is 1.47 bits per heavy atom. The lowest BCUT2D eigenvalue weighted by Crippen LogP contribution is -2.50. The van der Waals surface area contributed by atoms with E-state index < -0.39 is 4.92 Å². The van der Waals surface area contributed by atoms with E-state index in [9.17, 15) is 19.7 Å². The average Bonchev–Trinajstić information content (AvgIpc) is 3.57. The monoisotopic (exact) mass is 408 g/mol. The lowest BCUT2D eigenvalue weighted by molar-refractivity contribution is -0.384. The molecular formula is C22H24N4O4. The molecule has 2 fully saturated rings. The fourth-order valence-corrected chi connectivity index (χ4v) is 3.56. The molecule has 1 heterocycles. The number of benzene rings is 2. The molecule has 0 bridgehead atoms. The number of anilines is 1. The molecule has 1 saturated heterocycles. The summed E-state index contributed by atoms with van der Waals surface area (Å²) < 4.78 is 0. The van der Waals surface area contributed by atoms with Gasteiger partial charge in [-0.1, -0.05) is 17.7 Å². The van der Waals surface area contributed by atoms with Crippen molar-refractivity contribution in [3.63, 3.8) is 0 Å². The molecule has 4 rings (SSSR count). The molecule has 2 aliphatic rings. The van der Waals surface area contributed by atoms with Gasteiger partial charge in [-0.3, -0.25) is 19.7 Å². The van der Waals surface area contributed by atoms with Gasteiger partial charge in [0.1, 0.15) is 5.69 Å². The zero-order valence-corrected chi connectivity index (χ0v) is 16.8. The van der Waals surface area contributed by atoms with Crippen molar-refractivity contribution in [2.24, 2.45) is 0 Å². The number of nitrogens with one attached hydrogen (secondary N) is 1. The molecule has 1 saturated carbocycles. The third-order valence-corrected chi connectivity index (χ3v) is 5.53. The number of nitrogens with zero attached hydrogens (tertiary/aromatic N) is 3. The van der Waals surface area contributed by atoms with Crippen molar-refractivity contribution in [3.8, 4) is 0 Å². The van der Waals surface area contributed by atoms with Gasteiger partial charge in [0.2, 0.25) is 0 Å². The number of piperazine rings is 1. The number of hydrogen-bond acceptors (Lipinski definition) is 5. The second kappa shape index (κ2) is 8.14. The van der Waals surface area contributed by atoms with E-state index in [0.717, 1.165) is 18.4 Å². The molecule has 2 amide bonds. The summed E-state index contributed by atoms with van der Waals surface area (Å²) in [4.78, 5) is 39.9. The van der Waals surface area contributed by atoms with Crippen LogP contribution in [-0.4, -0.2) is 58.8 Å². The lowest BCUT2D eigenvalue weighted by Gasteiger charge is -2.35. The summed E-state index contributed by atoms with van der Waals surface area (Å²) in [6.45, 7) is 3.62. The lowest BCUT2D eigenvalue weighted by atomic mass is 10.1. The van der Waals surface area contributed by atoms with Crippen LogP contribution >= 0.6 is 0 Å². The van der Waals surface area contributed by atoms with Gasteiger partial charge in [-0.25, -0.2) is 0 Å². The van der Waals surface area contributed by atoms with Gasteiger partial charge < -0.3 is 15.1 Å². The first kappa shape index (κ1) is 19.9. The highest BCUT2D eigenvalue weighted by molar-refractivity contribution is 5.97. The zero-order chi connectivity index (χ0) is 21.3. The molecule has 0 atom stereocenters. The highest BCUT2D eigenvalue weighted by atomic mass is 16.6. The number of rotatable bonds is 5. The van der Waals surface area contributed by atoms with E-state index in [4.69, 9.17) is 0 Å². The van der Waals surface area contributed by atoms with Gasteiger partial charge in [-0.15, -0.1) is 0 Å². The molecule has 1 aliphatic carbocycles. The predicted octanol–water partition coefficient (Wildman–Crippen LogP) is 3.08. The van der Waals surface area contributed by atoms with Gasteiger partial charge in [0.25, 0.3) is 17.5 Å². The Labute approximate surface area is 174 Å². The first-order valence-corrected chi connectivity index (χ1v) is 10.1. The molecule has 8 nitrogen and oxygen atoms in total. The summed E-state index contributed by atoms with van der Waals surface area (Å²) in [6.07, 6.45) is 2.01. The fourth-order valence-electron chi connectivity index (χ4n) is 3.56. The van der Waals surface area contributed by atoms with E-state index in [-0.39, 0.29) is 23.5 Å². The molecule has 30 heavy (non-hydrogen) atoms. The standard InChI is InChI=1S/C22H24N4O4/c1-15-2-4-16(5-3-15)21(27)24-10-12-25(13-11-24)22(28)17-6-9-19(23-18-7-8-18)20(14-17)26(29)30/h2-6,9,14,18,23H,7-8,10-13H2,1H3. The van der Waals surface area contributed by atoms with Crippen molar-refractivity contribution in [2.75, 3.05) is 31.5 Å². The van der Waals surface area contributed by atoms with Crippen LogP contribution in [0.15, 0.2) is 42.5 Å². The Bertz CT molecular complexity index is 977. The van der Waals surface area contributed by atoms with Crippen molar-refractivity contribution in [1.29, 1.82) is 0 Å². The van der Waals surface area contributed by atoms with Crippen LogP contribution < -0.4 is 5.32 Å². The van der Waals surface area contributed by atoms with E-state index >= 15 is 0 Å². The van der Waals surface area contributed by atoms with Crippen LogP contribution in [0.2, 0.25) is 0 Å². The Balaban J connectivity index is 1.41. The molecule has 1 N–H and O–H groups in total. The number of aryl methyl sites for hydroxylation is 1. The zero-order valence-electron chi connectivity index (χ0n) is 16.8. The number of carbonyl (C=O) groups is 2. The van der Waals surface area contributed by atoms with Gasteiger partial charge in [0.15, 0.2) is 0 Å². The molecule has 8 heteroatoms. The molecule has 2 aromatic carbocycles. The van der Waals surface area contributed by atoms with Gasteiger partial charge in [0, 0.05) is 49.4 Å². The number of amides is 2. The van der Waals surface area contributed by atoms with Gasteiger partial charge >= 0.3 is 0 Å². The first-order valence-electron chi connectivity index (χ1n) is 10.1. The Morgan fingerprint density at radius 1 is 0.933 bits per heavy atom. The fraction of sp³-hybridized carbons (Fsp3) is 0.364. The van der Waals surface area contributed by atoms with Crippen molar-refractivity contribution in [1.82, 2.24) is 9.80 Å². The van der Waals surface area contributed by atoms with Crippen molar-refractivity contribution in [3.05, 3.63) is 69.3 Å². The highest BCUT2D eigenvalue weighted by Crippen LogP contribution is 2.32. The largest absolute Gasteiger partial charge is 0.377 e. The minimum Gasteiger partial charge on any atom is -0.377 e. The van der Waals surface area contributed by atoms with Crippen molar-refractivity contribution < 1.29 is 14.5 Å². The summed E-state index contributed by atoms with van der Waals surface area (Å²) >= 11 is 0. The van der Waals surface area contributed by atoms with Gasteiger partial charge in [-0.05, 0) is 44.0 Å². The number of nitro groups is 1. The Hall–Kier alpha value is -3.42. The SMILES string of the molecule is Cc1ccc(C(=O)N2CCN(C(=O)c3ccc(NC4CC4)c([N+](=O)[O-])c3)CC2)cc1. The maximum atomic E-state index is 12.9. The number of nitro benzene ring substituents is 1. The molecule has 0 aromatic heterocycles. The minimum absolute atomic E-state index is 0.0479. The van der Waals surface area contributed by atoms with Crippen LogP contribution in [-0.2, 0) is 0 Å². The van der Waals surface area contributed by atoms with E-state index in [1.807, 2.05) is 31.2 Å². The smallest absolute Gasteiger partial charge is 0.293 e. The van der Waals surface area contributed by atoms with Crippen LogP contribution in [0.1, 0.15) is 39.1 Å². The van der Waals surface area contributed by atoms with Crippen molar-refractivity contribution in [2.45, 2.75) is 25.8 Å². The summed E-state index contributed by atoms with van der Waals surface area (Å²) in [5.74, 6) is -0.299. The summed E-state index contributed by atoms with van der Waals surface area (Å²) in [6, 6.07) is 12.3. The van der Waals surface area contributed by atoms with Gasteiger partial charge in [0.05, 0.1) is 4.92 Å². The first-order chi connectivity index (χ1) is 14.4. The highest BCUT2D eigenvalue weighted by Gasteiger charge is 2.28. The van der Waals surface area contributed by atoms with Crippen molar-refractivity contribution >= 4 is 23.2 Å². The molecule has 2 aromatic rings. The third-order valence-electron chi connectivity index (χ3n) is 5.53. The maximum Gasteiger partial charge on any atom is 0.293 e. The second-order valence-electron chi connectivity index (χ2n) is 7.86. The van der Waals surface area contributed by atoms with E-state index in [2.05, 4.69) is 5.32 Å². The maximum absolute atomic E-state index is 12.9. The summed E-state index contributed by atoms with van der Waals surface area (Å²) in [5, 5.41) is 14.6. The minimum atomic E-state index is -0.459. The third kappa shape index (κ3) is 4.27. The molecule has 0 unspecified atom stereocenters. The topological polar surface area (TPSA) is 95.8 Å². The summed E-state index contributed by atoms with van der Waals surface area (Å²) in [5.41, 5.74) is 2.39. The van der Waals surface area contributed by atoms with E-state index in [1.54, 1.807) is 21.9 Å². The Kier molecular flexibility index (Phi) is 5.39. The van der Waals surface area contributed by atoms with E-state index in [1.165, 1.54) is 6.07 Å². The van der Waals surface area contributed by atoms with Crippen LogP contribution in [0.5, 0.6) is 0 Å². The quantitative estimate of drug-likeness (QED) is 0.606. The summed E-state index contributed by atoms with van der Waals surface area (Å²) in [7, 11) is 0. The van der Waals surface area contributed by atoms with Crippen LogP contribution in [0.25, 0.3) is 0 Å². The normalized spacial score (nSPS) is 16.3. The molecule has 1 aliphatic heterocycles. The second-order valence-corrected chi connectivity index (χ2v) is 7.86. The molecule has 156 valence electrons. The van der Waals surface area contributed by atoms with Crippen LogP contribution in [0, 0.1) is 17.0 Å². The van der Waals surface area contributed by atoms with E-state index in [0.29, 0.717) is 43.0 Å². The molecule has 0 spiro atoms. The van der Waals surface area contributed by atoms with Gasteiger partial charge in [-0.2, -0.15) is 0 Å². The van der Waals surface area contributed by atoms with Crippen LogP contribution in [0.3, 0.4) is 0 Å². The van der Waals surface area contributed by atoms with Crippen LogP contribution in [0.4, 0.5) is 11.4 Å².